The minimum Gasteiger partial charge on any atom is -0.322 e. The first-order valence-electron chi connectivity index (χ1n) is 3.63. The molecule has 1 atom stereocenters. The van der Waals surface area contributed by atoms with Crippen molar-refractivity contribution in [1.29, 1.82) is 0 Å². The summed E-state index contributed by atoms with van der Waals surface area (Å²) in [5, 5.41) is 2.70. The van der Waals surface area contributed by atoms with E-state index in [2.05, 4.69) is 11.8 Å². The minimum absolute atomic E-state index is 0.0371. The molecule has 1 unspecified atom stereocenters. The molecule has 0 radical (unpaired) electrons. The Balaban J connectivity index is 2.68. The lowest BCUT2D eigenvalue weighted by Crippen LogP contribution is -2.07. The van der Waals surface area contributed by atoms with E-state index in [1.54, 1.807) is 11.3 Å². The van der Waals surface area contributed by atoms with Gasteiger partial charge in [-0.25, -0.2) is 0 Å². The maximum atomic E-state index is 5.90. The highest BCUT2D eigenvalue weighted by Crippen LogP contribution is 2.28. The lowest BCUT2D eigenvalue weighted by Gasteiger charge is -2.04. The fraction of sp³-hybridized carbons (Fsp3) is 0.333. The highest BCUT2D eigenvalue weighted by molar-refractivity contribution is 7.10. The monoisotopic (exact) mass is 199 g/mol. The maximum Gasteiger partial charge on any atom is 0.0561 e. The van der Waals surface area contributed by atoms with Crippen LogP contribution in [-0.2, 0) is 0 Å². The number of hydrogen-bond acceptors (Lipinski definition) is 2. The third-order valence-corrected chi connectivity index (χ3v) is 2.97. The van der Waals surface area contributed by atoms with Gasteiger partial charge in [0.25, 0.3) is 0 Å². The Bertz CT molecular complexity index is 308. The second kappa shape index (κ2) is 4.51. The van der Waals surface area contributed by atoms with Gasteiger partial charge >= 0.3 is 0 Å². The maximum absolute atomic E-state index is 5.90. The molecule has 12 heavy (non-hydrogen) atoms. The van der Waals surface area contributed by atoms with E-state index in [1.165, 1.54) is 0 Å². The Kier molecular flexibility index (Phi) is 3.61. The van der Waals surface area contributed by atoms with Crippen LogP contribution in [0.15, 0.2) is 11.4 Å². The van der Waals surface area contributed by atoms with E-state index in [9.17, 15) is 0 Å². The summed E-state index contributed by atoms with van der Waals surface area (Å²) < 4.78 is 0. The van der Waals surface area contributed by atoms with Crippen molar-refractivity contribution in [2.24, 2.45) is 5.73 Å². The van der Waals surface area contributed by atoms with Crippen molar-refractivity contribution in [2.45, 2.75) is 19.4 Å². The van der Waals surface area contributed by atoms with Gasteiger partial charge in [0.15, 0.2) is 0 Å². The van der Waals surface area contributed by atoms with Crippen molar-refractivity contribution in [3.63, 3.8) is 0 Å². The molecule has 0 aliphatic rings. The van der Waals surface area contributed by atoms with Crippen molar-refractivity contribution in [2.75, 3.05) is 0 Å². The van der Waals surface area contributed by atoms with Crippen molar-refractivity contribution in [3.8, 4) is 11.8 Å². The molecular formula is C9H10ClNS. The lowest BCUT2D eigenvalue weighted by atomic mass is 10.2. The highest BCUT2D eigenvalue weighted by atomic mass is 35.5. The molecular weight excluding hydrogens is 190 g/mol. The Morgan fingerprint density at radius 1 is 1.75 bits per heavy atom. The third-order valence-electron chi connectivity index (χ3n) is 1.48. The van der Waals surface area contributed by atoms with Gasteiger partial charge in [-0.2, -0.15) is 0 Å². The summed E-state index contributed by atoms with van der Waals surface area (Å²) >= 11 is 7.48. The zero-order chi connectivity index (χ0) is 8.97. The third kappa shape index (κ3) is 2.25. The van der Waals surface area contributed by atoms with Crippen molar-refractivity contribution in [3.05, 3.63) is 21.3 Å². The Morgan fingerprint density at radius 3 is 3.00 bits per heavy atom. The van der Waals surface area contributed by atoms with Crippen molar-refractivity contribution in [1.82, 2.24) is 0 Å². The highest BCUT2D eigenvalue weighted by Gasteiger charge is 2.09. The first-order chi connectivity index (χ1) is 5.75. The number of thiophene rings is 1. The molecule has 1 rings (SSSR count). The van der Waals surface area contributed by atoms with Gasteiger partial charge in [0.1, 0.15) is 0 Å². The second-order valence-corrected chi connectivity index (χ2v) is 3.73. The minimum atomic E-state index is -0.0371. The second-order valence-electron chi connectivity index (χ2n) is 2.37. The van der Waals surface area contributed by atoms with Gasteiger partial charge in [0.05, 0.1) is 11.1 Å². The summed E-state index contributed by atoms with van der Waals surface area (Å²) in [6, 6.07) is 1.82. The molecule has 0 fully saturated rings. The predicted molar refractivity (Wildman–Crippen MR) is 54.3 cm³/mol. The molecule has 0 aliphatic heterocycles. The van der Waals surface area contributed by atoms with E-state index in [0.717, 1.165) is 9.90 Å². The first-order valence-corrected chi connectivity index (χ1v) is 4.89. The van der Waals surface area contributed by atoms with E-state index in [1.807, 2.05) is 18.4 Å². The summed E-state index contributed by atoms with van der Waals surface area (Å²) in [6.45, 7) is 1.81. The van der Waals surface area contributed by atoms with Gasteiger partial charge in [-0.05, 0) is 18.4 Å². The van der Waals surface area contributed by atoms with Gasteiger partial charge in [0, 0.05) is 11.3 Å². The molecule has 3 heteroatoms. The van der Waals surface area contributed by atoms with E-state index in [-0.39, 0.29) is 6.04 Å². The van der Waals surface area contributed by atoms with Crippen LogP contribution in [-0.4, -0.2) is 0 Å². The van der Waals surface area contributed by atoms with Crippen molar-refractivity contribution >= 4 is 22.9 Å². The van der Waals surface area contributed by atoms with Crippen LogP contribution in [0.4, 0.5) is 0 Å². The van der Waals surface area contributed by atoms with Gasteiger partial charge in [-0.3, -0.25) is 0 Å². The summed E-state index contributed by atoms with van der Waals surface area (Å²) in [5.74, 6) is 5.75. The van der Waals surface area contributed by atoms with Crippen LogP contribution in [0.3, 0.4) is 0 Å². The quantitative estimate of drug-likeness (QED) is 0.729. The predicted octanol–water partition coefficient (Wildman–Crippen LogP) is 2.81. The molecule has 0 spiro atoms. The molecule has 0 bridgehead atoms. The topological polar surface area (TPSA) is 26.0 Å². The fourth-order valence-corrected chi connectivity index (χ4v) is 2.08. The number of hydrogen-bond donors (Lipinski definition) is 1. The Hall–Kier alpha value is -0.490. The van der Waals surface area contributed by atoms with Crippen LogP contribution in [0.5, 0.6) is 0 Å². The molecule has 0 saturated heterocycles. The van der Waals surface area contributed by atoms with Crippen LogP contribution in [0.1, 0.15) is 24.3 Å². The van der Waals surface area contributed by atoms with E-state index < -0.39 is 0 Å². The molecule has 0 amide bonds. The smallest absolute Gasteiger partial charge is 0.0561 e. The molecule has 64 valence electrons. The van der Waals surface area contributed by atoms with Crippen molar-refractivity contribution < 1.29 is 0 Å². The molecule has 0 aliphatic carbocycles. The van der Waals surface area contributed by atoms with Crippen LogP contribution >= 0.6 is 22.9 Å². The molecule has 1 aromatic heterocycles. The molecule has 1 nitrogen and oxygen atoms in total. The summed E-state index contributed by atoms with van der Waals surface area (Å²) in [7, 11) is 0. The van der Waals surface area contributed by atoms with Gasteiger partial charge < -0.3 is 5.73 Å². The van der Waals surface area contributed by atoms with Gasteiger partial charge in [-0.15, -0.1) is 23.2 Å². The molecule has 1 aromatic rings. The molecule has 0 saturated carbocycles. The van der Waals surface area contributed by atoms with Crippen LogP contribution in [0, 0.1) is 11.8 Å². The number of rotatable bonds is 2. The summed E-state index contributed by atoms with van der Waals surface area (Å²) in [4.78, 5) is 1.03. The average molecular weight is 200 g/mol. The van der Waals surface area contributed by atoms with Gasteiger partial charge in [-0.1, -0.05) is 11.6 Å². The van der Waals surface area contributed by atoms with Crippen LogP contribution in [0.25, 0.3) is 0 Å². The lowest BCUT2D eigenvalue weighted by molar-refractivity contribution is 0.771. The van der Waals surface area contributed by atoms with E-state index in [0.29, 0.717) is 6.42 Å². The standard InChI is InChI=1S/C9H10ClNS/c1-2-3-4-8(11)9-7(10)5-6-12-9/h5-6,8H,4,11H2,1H3. The first kappa shape index (κ1) is 9.60. The normalized spacial score (nSPS) is 11.9. The molecule has 2 N–H and O–H groups in total. The summed E-state index contributed by atoms with van der Waals surface area (Å²) in [6.07, 6.45) is 0.677. The largest absolute Gasteiger partial charge is 0.322 e. The SMILES string of the molecule is CC#CCC(N)c1sccc1Cl. The Labute approximate surface area is 81.5 Å². The summed E-state index contributed by atoms with van der Waals surface area (Å²) in [5.41, 5.74) is 5.85. The zero-order valence-electron chi connectivity index (χ0n) is 6.80. The average Bonchev–Trinajstić information content (AvgIpc) is 2.47. The van der Waals surface area contributed by atoms with Crippen LogP contribution in [0.2, 0.25) is 5.02 Å². The Morgan fingerprint density at radius 2 is 2.50 bits per heavy atom. The zero-order valence-corrected chi connectivity index (χ0v) is 8.38. The van der Waals surface area contributed by atoms with E-state index >= 15 is 0 Å². The number of halogens is 1. The number of nitrogens with two attached hydrogens (primary N) is 1. The van der Waals surface area contributed by atoms with Gasteiger partial charge in [0.2, 0.25) is 0 Å². The fourth-order valence-electron chi connectivity index (χ4n) is 0.875. The molecule has 1 heterocycles. The molecule has 0 aromatic carbocycles. The van der Waals surface area contributed by atoms with E-state index in [4.69, 9.17) is 17.3 Å². The van der Waals surface area contributed by atoms with Crippen LogP contribution < -0.4 is 5.73 Å².